The van der Waals surface area contributed by atoms with Crippen molar-refractivity contribution in [2.75, 3.05) is 13.2 Å². The van der Waals surface area contributed by atoms with Gasteiger partial charge in [-0.15, -0.1) is 0 Å². The Morgan fingerprint density at radius 3 is 2.75 bits per heavy atom. The molecule has 0 aromatic carbocycles. The summed E-state index contributed by atoms with van der Waals surface area (Å²) in [6.45, 7) is 0.866. The first-order valence-electron chi connectivity index (χ1n) is 4.77. The molecular formula is C9H16O3. The molecule has 2 aliphatic rings. The highest BCUT2D eigenvalue weighted by molar-refractivity contribution is 4.83. The number of rotatable bonds is 2. The van der Waals surface area contributed by atoms with Gasteiger partial charge in [-0.1, -0.05) is 0 Å². The molecule has 70 valence electrons. The molecule has 0 aromatic rings. The second kappa shape index (κ2) is 3.32. The van der Waals surface area contributed by atoms with Gasteiger partial charge in [0.25, 0.3) is 0 Å². The standard InChI is InChI=1S/C9H16O3/c10-6-3-8-7-11-9(12-8)4-1-2-5-9/h8,10H,1-7H2/t8-/m0/s1. The third-order valence-corrected chi connectivity index (χ3v) is 2.73. The van der Waals surface area contributed by atoms with E-state index in [1.165, 1.54) is 12.8 Å². The predicted octanol–water partition coefficient (Wildman–Crippen LogP) is 1.05. The fourth-order valence-corrected chi connectivity index (χ4v) is 2.08. The van der Waals surface area contributed by atoms with Crippen LogP contribution in [0.3, 0.4) is 0 Å². The molecule has 1 saturated carbocycles. The van der Waals surface area contributed by atoms with Gasteiger partial charge in [0, 0.05) is 19.4 Å². The molecule has 2 rings (SSSR count). The molecule has 0 aromatic heterocycles. The lowest BCUT2D eigenvalue weighted by molar-refractivity contribution is -0.162. The maximum absolute atomic E-state index is 8.72. The monoisotopic (exact) mass is 172 g/mol. The summed E-state index contributed by atoms with van der Waals surface area (Å²) in [5.41, 5.74) is 0. The summed E-state index contributed by atoms with van der Waals surface area (Å²) in [5.74, 6) is -0.250. The molecule has 1 spiro atoms. The fourth-order valence-electron chi connectivity index (χ4n) is 2.08. The zero-order chi connectivity index (χ0) is 8.44. The van der Waals surface area contributed by atoms with Gasteiger partial charge >= 0.3 is 0 Å². The highest BCUT2D eigenvalue weighted by atomic mass is 16.7. The van der Waals surface area contributed by atoms with Gasteiger partial charge < -0.3 is 14.6 Å². The molecular weight excluding hydrogens is 156 g/mol. The van der Waals surface area contributed by atoms with Gasteiger partial charge in [-0.3, -0.25) is 0 Å². The Morgan fingerprint density at radius 2 is 2.08 bits per heavy atom. The maximum Gasteiger partial charge on any atom is 0.168 e. The van der Waals surface area contributed by atoms with Crippen LogP contribution in [0.25, 0.3) is 0 Å². The summed E-state index contributed by atoms with van der Waals surface area (Å²) in [6, 6.07) is 0. The van der Waals surface area contributed by atoms with E-state index in [9.17, 15) is 0 Å². The second-order valence-corrected chi connectivity index (χ2v) is 3.68. The van der Waals surface area contributed by atoms with E-state index in [1.54, 1.807) is 0 Å². The minimum absolute atomic E-state index is 0.132. The zero-order valence-corrected chi connectivity index (χ0v) is 7.29. The summed E-state index contributed by atoms with van der Waals surface area (Å²) < 4.78 is 11.4. The average molecular weight is 172 g/mol. The average Bonchev–Trinajstić information content (AvgIpc) is 2.65. The Morgan fingerprint density at radius 1 is 1.33 bits per heavy atom. The van der Waals surface area contributed by atoms with Crippen molar-refractivity contribution in [3.8, 4) is 0 Å². The minimum atomic E-state index is -0.250. The maximum atomic E-state index is 8.72. The molecule has 1 atom stereocenters. The normalized spacial score (nSPS) is 33.2. The summed E-state index contributed by atoms with van der Waals surface area (Å²) in [6.07, 6.45) is 5.34. The van der Waals surface area contributed by atoms with Crippen LogP contribution in [-0.4, -0.2) is 30.2 Å². The van der Waals surface area contributed by atoms with Gasteiger partial charge in [-0.2, -0.15) is 0 Å². The molecule has 12 heavy (non-hydrogen) atoms. The molecule has 0 amide bonds. The summed E-state index contributed by atoms with van der Waals surface area (Å²) in [4.78, 5) is 0. The molecule has 1 heterocycles. The topological polar surface area (TPSA) is 38.7 Å². The number of hydrogen-bond donors (Lipinski definition) is 1. The smallest absolute Gasteiger partial charge is 0.168 e. The van der Waals surface area contributed by atoms with Crippen molar-refractivity contribution in [1.29, 1.82) is 0 Å². The fraction of sp³-hybridized carbons (Fsp3) is 1.00. The second-order valence-electron chi connectivity index (χ2n) is 3.68. The number of aliphatic hydroxyl groups excluding tert-OH is 1. The van der Waals surface area contributed by atoms with Crippen LogP contribution in [0.15, 0.2) is 0 Å². The first-order valence-corrected chi connectivity index (χ1v) is 4.77. The number of hydrogen-bond acceptors (Lipinski definition) is 3. The molecule has 0 unspecified atom stereocenters. The first kappa shape index (κ1) is 8.48. The summed E-state index contributed by atoms with van der Waals surface area (Å²) >= 11 is 0. The van der Waals surface area contributed by atoms with Crippen LogP contribution in [0.5, 0.6) is 0 Å². The van der Waals surface area contributed by atoms with E-state index in [1.807, 2.05) is 0 Å². The molecule has 1 aliphatic heterocycles. The number of aliphatic hydroxyl groups is 1. The third kappa shape index (κ3) is 1.49. The van der Waals surface area contributed by atoms with Crippen molar-refractivity contribution in [1.82, 2.24) is 0 Å². The van der Waals surface area contributed by atoms with Crippen LogP contribution in [0, 0.1) is 0 Å². The predicted molar refractivity (Wildman–Crippen MR) is 43.7 cm³/mol. The largest absolute Gasteiger partial charge is 0.396 e. The number of ether oxygens (including phenoxy) is 2. The van der Waals surface area contributed by atoms with Crippen molar-refractivity contribution in [2.24, 2.45) is 0 Å². The lowest BCUT2D eigenvalue weighted by Gasteiger charge is -2.21. The van der Waals surface area contributed by atoms with E-state index >= 15 is 0 Å². The molecule has 1 N–H and O–H groups in total. The highest BCUT2D eigenvalue weighted by Gasteiger charge is 2.43. The Kier molecular flexibility index (Phi) is 2.35. The Bertz CT molecular complexity index is 152. The summed E-state index contributed by atoms with van der Waals surface area (Å²) in [5, 5.41) is 8.72. The van der Waals surface area contributed by atoms with E-state index < -0.39 is 0 Å². The van der Waals surface area contributed by atoms with Gasteiger partial charge in [0.2, 0.25) is 0 Å². The molecule has 1 saturated heterocycles. The quantitative estimate of drug-likeness (QED) is 0.676. The van der Waals surface area contributed by atoms with Gasteiger partial charge in [-0.05, 0) is 19.3 Å². The van der Waals surface area contributed by atoms with Gasteiger partial charge in [-0.25, -0.2) is 0 Å². The Balaban J connectivity index is 1.88. The van der Waals surface area contributed by atoms with Crippen LogP contribution in [0.1, 0.15) is 32.1 Å². The lowest BCUT2D eigenvalue weighted by atomic mass is 10.2. The van der Waals surface area contributed by atoms with Crippen molar-refractivity contribution < 1.29 is 14.6 Å². The van der Waals surface area contributed by atoms with Crippen LogP contribution < -0.4 is 0 Å². The van der Waals surface area contributed by atoms with Crippen molar-refractivity contribution in [2.45, 2.75) is 44.0 Å². The van der Waals surface area contributed by atoms with Crippen molar-refractivity contribution >= 4 is 0 Å². The molecule has 3 nitrogen and oxygen atoms in total. The lowest BCUT2D eigenvalue weighted by Crippen LogP contribution is -2.26. The van der Waals surface area contributed by atoms with E-state index in [2.05, 4.69) is 0 Å². The van der Waals surface area contributed by atoms with Gasteiger partial charge in [0.05, 0.1) is 12.7 Å². The van der Waals surface area contributed by atoms with Crippen molar-refractivity contribution in [3.63, 3.8) is 0 Å². The molecule has 0 radical (unpaired) electrons. The van der Waals surface area contributed by atoms with E-state index in [0.29, 0.717) is 13.0 Å². The van der Waals surface area contributed by atoms with Gasteiger partial charge in [0.15, 0.2) is 5.79 Å². The van der Waals surface area contributed by atoms with E-state index in [0.717, 1.165) is 12.8 Å². The molecule has 1 aliphatic carbocycles. The van der Waals surface area contributed by atoms with Gasteiger partial charge in [0.1, 0.15) is 0 Å². The van der Waals surface area contributed by atoms with E-state index in [-0.39, 0.29) is 18.5 Å². The first-order chi connectivity index (χ1) is 5.85. The molecule has 2 fully saturated rings. The van der Waals surface area contributed by atoms with Crippen LogP contribution in [-0.2, 0) is 9.47 Å². The zero-order valence-electron chi connectivity index (χ0n) is 7.29. The third-order valence-electron chi connectivity index (χ3n) is 2.73. The van der Waals surface area contributed by atoms with Crippen LogP contribution in [0.4, 0.5) is 0 Å². The molecule has 3 heteroatoms. The minimum Gasteiger partial charge on any atom is -0.396 e. The van der Waals surface area contributed by atoms with Crippen LogP contribution >= 0.6 is 0 Å². The Labute approximate surface area is 72.7 Å². The van der Waals surface area contributed by atoms with E-state index in [4.69, 9.17) is 14.6 Å². The highest BCUT2D eigenvalue weighted by Crippen LogP contribution is 2.39. The SMILES string of the molecule is OCC[C@H]1COC2(CCCC2)O1. The van der Waals surface area contributed by atoms with Crippen LogP contribution in [0.2, 0.25) is 0 Å². The molecule has 0 bridgehead atoms. The van der Waals surface area contributed by atoms with Crippen molar-refractivity contribution in [3.05, 3.63) is 0 Å². The summed E-state index contributed by atoms with van der Waals surface area (Å²) in [7, 11) is 0. The Hall–Kier alpha value is -0.120.